The average molecular weight is 373 g/mol. The SMILES string of the molecule is COc1ccc(Cl)cc1-c1ncc(Sc2ccc(C(C)(C)C)cc2)[nH]1. The van der Waals surface area contributed by atoms with Crippen molar-refractivity contribution in [3.8, 4) is 17.1 Å². The summed E-state index contributed by atoms with van der Waals surface area (Å²) in [5.74, 6) is 1.48. The molecule has 130 valence electrons. The molecule has 0 aliphatic rings. The van der Waals surface area contributed by atoms with Gasteiger partial charge in [-0.1, -0.05) is 56.3 Å². The Morgan fingerprint density at radius 3 is 2.44 bits per heavy atom. The number of H-pyrrole nitrogens is 1. The number of benzene rings is 2. The van der Waals surface area contributed by atoms with Crippen LogP contribution in [-0.2, 0) is 5.41 Å². The topological polar surface area (TPSA) is 37.9 Å². The van der Waals surface area contributed by atoms with Crippen molar-refractivity contribution >= 4 is 23.4 Å². The summed E-state index contributed by atoms with van der Waals surface area (Å²) in [6.45, 7) is 6.65. The van der Waals surface area contributed by atoms with Crippen LogP contribution in [0, 0.1) is 0 Å². The van der Waals surface area contributed by atoms with Crippen molar-refractivity contribution in [3.63, 3.8) is 0 Å². The van der Waals surface area contributed by atoms with Crippen LogP contribution >= 0.6 is 23.4 Å². The first-order chi connectivity index (χ1) is 11.9. The van der Waals surface area contributed by atoms with Gasteiger partial charge in [0.15, 0.2) is 0 Å². The third-order valence-electron chi connectivity index (χ3n) is 3.92. The number of imidazole rings is 1. The van der Waals surface area contributed by atoms with Gasteiger partial charge in [-0.05, 0) is 41.3 Å². The van der Waals surface area contributed by atoms with Gasteiger partial charge in [0.05, 0.1) is 23.9 Å². The van der Waals surface area contributed by atoms with E-state index in [0.29, 0.717) is 5.02 Å². The van der Waals surface area contributed by atoms with Crippen LogP contribution in [-0.4, -0.2) is 17.1 Å². The molecule has 2 aromatic carbocycles. The summed E-state index contributed by atoms with van der Waals surface area (Å²) in [6.07, 6.45) is 1.83. The molecule has 25 heavy (non-hydrogen) atoms. The summed E-state index contributed by atoms with van der Waals surface area (Å²) in [6, 6.07) is 14.2. The van der Waals surface area contributed by atoms with Gasteiger partial charge in [-0.3, -0.25) is 0 Å². The summed E-state index contributed by atoms with van der Waals surface area (Å²) in [4.78, 5) is 8.98. The number of ether oxygens (including phenoxy) is 1. The number of hydrogen-bond acceptors (Lipinski definition) is 3. The van der Waals surface area contributed by atoms with E-state index in [9.17, 15) is 0 Å². The maximum atomic E-state index is 6.11. The Kier molecular flexibility index (Phi) is 5.11. The van der Waals surface area contributed by atoms with E-state index in [-0.39, 0.29) is 5.41 Å². The zero-order valence-electron chi connectivity index (χ0n) is 14.8. The lowest BCUT2D eigenvalue weighted by Crippen LogP contribution is -2.10. The molecule has 0 atom stereocenters. The second-order valence-corrected chi connectivity index (χ2v) is 8.37. The van der Waals surface area contributed by atoms with Gasteiger partial charge in [-0.2, -0.15) is 0 Å². The molecule has 0 bridgehead atoms. The number of methoxy groups -OCH3 is 1. The van der Waals surface area contributed by atoms with Gasteiger partial charge < -0.3 is 9.72 Å². The van der Waals surface area contributed by atoms with Crippen molar-refractivity contribution in [3.05, 3.63) is 59.2 Å². The fourth-order valence-electron chi connectivity index (χ4n) is 2.51. The molecule has 0 unspecified atom stereocenters. The molecule has 0 fully saturated rings. The van der Waals surface area contributed by atoms with Gasteiger partial charge in [-0.25, -0.2) is 4.98 Å². The minimum atomic E-state index is 0.160. The van der Waals surface area contributed by atoms with Gasteiger partial charge in [0.2, 0.25) is 0 Å². The molecule has 0 spiro atoms. The molecule has 3 rings (SSSR count). The Bertz CT molecular complexity index is 866. The highest BCUT2D eigenvalue weighted by molar-refractivity contribution is 7.99. The molecule has 3 nitrogen and oxygen atoms in total. The monoisotopic (exact) mass is 372 g/mol. The van der Waals surface area contributed by atoms with E-state index in [0.717, 1.165) is 22.2 Å². The third kappa shape index (κ3) is 4.20. The minimum Gasteiger partial charge on any atom is -0.496 e. The van der Waals surface area contributed by atoms with E-state index in [1.165, 1.54) is 10.5 Å². The Labute approximate surface area is 157 Å². The van der Waals surface area contributed by atoms with Gasteiger partial charge in [0.1, 0.15) is 11.6 Å². The lowest BCUT2D eigenvalue weighted by atomic mass is 9.87. The lowest BCUT2D eigenvalue weighted by Gasteiger charge is -2.18. The van der Waals surface area contributed by atoms with Crippen LogP contribution in [0.4, 0.5) is 0 Å². The lowest BCUT2D eigenvalue weighted by molar-refractivity contribution is 0.416. The Balaban J connectivity index is 1.82. The van der Waals surface area contributed by atoms with Crippen molar-refractivity contribution in [2.24, 2.45) is 0 Å². The number of aromatic nitrogens is 2. The number of rotatable bonds is 4. The van der Waals surface area contributed by atoms with Gasteiger partial charge in [0.25, 0.3) is 0 Å². The summed E-state index contributed by atoms with van der Waals surface area (Å²) in [7, 11) is 1.64. The first kappa shape index (κ1) is 17.9. The molecule has 0 saturated carbocycles. The molecule has 0 aliphatic carbocycles. The highest BCUT2D eigenvalue weighted by Crippen LogP contribution is 2.34. The fourth-order valence-corrected chi connectivity index (χ4v) is 3.46. The zero-order chi connectivity index (χ0) is 18.0. The average Bonchev–Trinajstić information content (AvgIpc) is 3.03. The standard InChI is InChI=1S/C20H21ClN2OS/c1-20(2,3)13-5-8-15(9-6-13)25-18-12-22-19(23-18)16-11-14(21)7-10-17(16)24-4/h5-12H,1-4H3,(H,22,23). The summed E-state index contributed by atoms with van der Waals surface area (Å²) >= 11 is 7.76. The highest BCUT2D eigenvalue weighted by Gasteiger charge is 2.14. The van der Waals surface area contributed by atoms with Crippen molar-refractivity contribution < 1.29 is 4.74 Å². The van der Waals surface area contributed by atoms with Crippen LogP contribution in [0.25, 0.3) is 11.4 Å². The molecule has 0 radical (unpaired) electrons. The molecule has 1 N–H and O–H groups in total. The van der Waals surface area contributed by atoms with E-state index < -0.39 is 0 Å². The normalized spacial score (nSPS) is 11.6. The molecule has 1 aromatic heterocycles. The second-order valence-electron chi connectivity index (χ2n) is 6.82. The van der Waals surface area contributed by atoms with E-state index in [1.54, 1.807) is 24.9 Å². The Hall–Kier alpha value is -1.91. The van der Waals surface area contributed by atoms with Gasteiger partial charge in [0, 0.05) is 9.92 Å². The maximum Gasteiger partial charge on any atom is 0.141 e. The largest absolute Gasteiger partial charge is 0.496 e. The van der Waals surface area contributed by atoms with Gasteiger partial charge in [-0.15, -0.1) is 0 Å². The highest BCUT2D eigenvalue weighted by atomic mass is 35.5. The Morgan fingerprint density at radius 2 is 1.80 bits per heavy atom. The first-order valence-electron chi connectivity index (χ1n) is 8.04. The van der Waals surface area contributed by atoms with Crippen LogP contribution < -0.4 is 4.74 Å². The molecule has 0 aliphatic heterocycles. The van der Waals surface area contributed by atoms with Gasteiger partial charge >= 0.3 is 0 Å². The zero-order valence-corrected chi connectivity index (χ0v) is 16.3. The van der Waals surface area contributed by atoms with Crippen LogP contribution in [0.3, 0.4) is 0 Å². The van der Waals surface area contributed by atoms with Crippen molar-refractivity contribution in [2.45, 2.75) is 36.1 Å². The molecule has 5 heteroatoms. The smallest absolute Gasteiger partial charge is 0.141 e. The molecule has 3 aromatic rings. The van der Waals surface area contributed by atoms with E-state index in [2.05, 4.69) is 55.0 Å². The summed E-state index contributed by atoms with van der Waals surface area (Å²) in [5, 5.41) is 1.62. The Morgan fingerprint density at radius 1 is 1.08 bits per heavy atom. The van der Waals surface area contributed by atoms with E-state index >= 15 is 0 Å². The third-order valence-corrected chi connectivity index (χ3v) is 5.09. The van der Waals surface area contributed by atoms with Crippen molar-refractivity contribution in [1.82, 2.24) is 9.97 Å². The van der Waals surface area contributed by atoms with Crippen molar-refractivity contribution in [1.29, 1.82) is 0 Å². The van der Waals surface area contributed by atoms with E-state index in [1.807, 2.05) is 18.3 Å². The number of nitrogens with zero attached hydrogens (tertiary/aromatic N) is 1. The number of halogens is 1. The van der Waals surface area contributed by atoms with Crippen LogP contribution in [0.2, 0.25) is 5.02 Å². The second kappa shape index (κ2) is 7.14. The maximum absolute atomic E-state index is 6.11. The van der Waals surface area contributed by atoms with Crippen LogP contribution in [0.1, 0.15) is 26.3 Å². The number of nitrogens with one attached hydrogen (secondary N) is 1. The van der Waals surface area contributed by atoms with Crippen LogP contribution in [0.15, 0.2) is 58.6 Å². The quantitative estimate of drug-likeness (QED) is 0.593. The molecular formula is C20H21ClN2OS. The predicted molar refractivity (Wildman–Crippen MR) is 105 cm³/mol. The number of aromatic amines is 1. The van der Waals surface area contributed by atoms with E-state index in [4.69, 9.17) is 16.3 Å². The number of hydrogen-bond donors (Lipinski definition) is 1. The minimum absolute atomic E-state index is 0.160. The fraction of sp³-hybridized carbons (Fsp3) is 0.250. The molecule has 0 saturated heterocycles. The summed E-state index contributed by atoms with van der Waals surface area (Å²) in [5.41, 5.74) is 2.34. The predicted octanol–water partition coefficient (Wildman–Crippen LogP) is 6.19. The molecular weight excluding hydrogens is 352 g/mol. The van der Waals surface area contributed by atoms with Crippen molar-refractivity contribution in [2.75, 3.05) is 7.11 Å². The van der Waals surface area contributed by atoms with Crippen LogP contribution in [0.5, 0.6) is 5.75 Å². The molecule has 0 amide bonds. The summed E-state index contributed by atoms with van der Waals surface area (Å²) < 4.78 is 5.40. The molecule has 1 heterocycles. The first-order valence-corrected chi connectivity index (χ1v) is 9.23.